The fraction of sp³-hybridized carbons (Fsp3) is 0.0417. The molecule has 8 heteroatoms. The van der Waals surface area contributed by atoms with Gasteiger partial charge in [-0.2, -0.15) is 0 Å². The lowest BCUT2D eigenvalue weighted by atomic mass is 10.1. The van der Waals surface area contributed by atoms with E-state index in [-0.39, 0.29) is 16.2 Å². The molecule has 0 aliphatic carbocycles. The van der Waals surface area contributed by atoms with E-state index < -0.39 is 17.6 Å². The van der Waals surface area contributed by atoms with Gasteiger partial charge in [0, 0.05) is 5.56 Å². The van der Waals surface area contributed by atoms with Crippen LogP contribution in [0.25, 0.3) is 6.08 Å². The highest BCUT2D eigenvalue weighted by molar-refractivity contribution is 7.80. The second-order valence-electron chi connectivity index (χ2n) is 6.75. The zero-order valence-electron chi connectivity index (χ0n) is 16.9. The molecule has 0 bridgehead atoms. The third kappa shape index (κ3) is 4.35. The van der Waals surface area contributed by atoms with Crippen LogP contribution < -0.4 is 19.7 Å². The van der Waals surface area contributed by atoms with Crippen LogP contribution in [0.15, 0.2) is 78.4 Å². The SMILES string of the molecule is COc1ccc(F)cc1C=C1C(=O)NC(=S)N(c2ccc(Oc3ccccc3)cc2)C1=O. The summed E-state index contributed by atoms with van der Waals surface area (Å²) in [6.07, 6.45) is 1.28. The number of para-hydroxylation sites is 1. The standard InChI is InChI=1S/C24H17FN2O4S/c1-30-21-12-7-16(25)13-15(21)14-20-22(28)26-24(32)27(23(20)29)17-8-10-19(11-9-17)31-18-5-3-2-4-6-18/h2-14H,1H3,(H,26,28,32). The van der Waals surface area contributed by atoms with E-state index in [9.17, 15) is 14.0 Å². The van der Waals surface area contributed by atoms with Gasteiger partial charge >= 0.3 is 0 Å². The Kier molecular flexibility index (Phi) is 5.96. The molecule has 0 atom stereocenters. The number of halogens is 1. The third-order valence-corrected chi connectivity index (χ3v) is 4.95. The van der Waals surface area contributed by atoms with Gasteiger partial charge in [0.25, 0.3) is 11.8 Å². The summed E-state index contributed by atoms with van der Waals surface area (Å²) in [5.41, 5.74) is 0.495. The molecular weight excluding hydrogens is 431 g/mol. The van der Waals surface area contributed by atoms with Crippen molar-refractivity contribution in [2.24, 2.45) is 0 Å². The number of ether oxygens (including phenoxy) is 2. The number of anilines is 1. The second-order valence-corrected chi connectivity index (χ2v) is 7.14. The average molecular weight is 448 g/mol. The van der Waals surface area contributed by atoms with Gasteiger partial charge in [-0.05, 0) is 72.9 Å². The molecule has 4 rings (SSSR count). The van der Waals surface area contributed by atoms with Crippen molar-refractivity contribution in [3.8, 4) is 17.2 Å². The number of nitrogens with one attached hydrogen (secondary N) is 1. The van der Waals surface area contributed by atoms with Crippen LogP contribution in [0.3, 0.4) is 0 Å². The van der Waals surface area contributed by atoms with Crippen molar-refractivity contribution in [1.29, 1.82) is 0 Å². The summed E-state index contributed by atoms with van der Waals surface area (Å²) in [5, 5.41) is 2.44. The van der Waals surface area contributed by atoms with Crippen LogP contribution in [-0.4, -0.2) is 24.0 Å². The molecule has 160 valence electrons. The molecule has 0 radical (unpaired) electrons. The molecule has 3 aromatic rings. The molecule has 32 heavy (non-hydrogen) atoms. The Morgan fingerprint density at radius 3 is 2.34 bits per heavy atom. The first-order valence-electron chi connectivity index (χ1n) is 9.54. The second kappa shape index (κ2) is 8.99. The maximum absolute atomic E-state index is 13.7. The lowest BCUT2D eigenvalue weighted by Crippen LogP contribution is -2.54. The number of hydrogen-bond acceptors (Lipinski definition) is 5. The molecule has 3 aromatic carbocycles. The Bertz CT molecular complexity index is 1230. The summed E-state index contributed by atoms with van der Waals surface area (Å²) in [4.78, 5) is 26.8. The van der Waals surface area contributed by atoms with Crippen LogP contribution in [0, 0.1) is 5.82 Å². The van der Waals surface area contributed by atoms with Crippen LogP contribution >= 0.6 is 12.2 Å². The topological polar surface area (TPSA) is 67.9 Å². The van der Waals surface area contributed by atoms with Gasteiger partial charge in [-0.3, -0.25) is 19.8 Å². The largest absolute Gasteiger partial charge is 0.496 e. The van der Waals surface area contributed by atoms with Crippen LogP contribution in [0.4, 0.5) is 10.1 Å². The first-order chi connectivity index (χ1) is 15.5. The van der Waals surface area contributed by atoms with Crippen LogP contribution in [0.5, 0.6) is 17.2 Å². The van der Waals surface area contributed by atoms with E-state index >= 15 is 0 Å². The summed E-state index contributed by atoms with van der Waals surface area (Å²) in [5.74, 6) is -0.274. The molecule has 0 spiro atoms. The Hall–Kier alpha value is -4.04. The number of nitrogens with zero attached hydrogens (tertiary/aromatic N) is 1. The van der Waals surface area contributed by atoms with Crippen molar-refractivity contribution in [1.82, 2.24) is 5.32 Å². The number of benzene rings is 3. The highest BCUT2D eigenvalue weighted by atomic mass is 32.1. The van der Waals surface area contributed by atoms with Gasteiger partial charge in [-0.15, -0.1) is 0 Å². The summed E-state index contributed by atoms with van der Waals surface area (Å²) < 4.78 is 24.7. The monoisotopic (exact) mass is 448 g/mol. The predicted octanol–water partition coefficient (Wildman–Crippen LogP) is 4.46. The Labute approximate surface area is 188 Å². The molecular formula is C24H17FN2O4S. The first kappa shape index (κ1) is 21.2. The number of hydrogen-bond donors (Lipinski definition) is 1. The number of carbonyl (C=O) groups excluding carboxylic acids is 2. The highest BCUT2D eigenvalue weighted by Gasteiger charge is 2.34. The fourth-order valence-electron chi connectivity index (χ4n) is 3.15. The number of amides is 2. The van der Waals surface area contributed by atoms with E-state index in [0.717, 1.165) is 0 Å². The van der Waals surface area contributed by atoms with Gasteiger partial charge in [0.1, 0.15) is 28.6 Å². The normalized spacial score (nSPS) is 15.0. The molecule has 0 unspecified atom stereocenters. The van der Waals surface area contributed by atoms with Gasteiger partial charge in [0.15, 0.2) is 5.11 Å². The van der Waals surface area contributed by atoms with Crippen molar-refractivity contribution in [3.05, 3.63) is 89.8 Å². The molecule has 1 aliphatic rings. The van der Waals surface area contributed by atoms with Crippen molar-refractivity contribution in [3.63, 3.8) is 0 Å². The number of rotatable bonds is 5. The number of carbonyl (C=O) groups is 2. The predicted molar refractivity (Wildman–Crippen MR) is 122 cm³/mol. The first-order valence-corrected chi connectivity index (χ1v) is 9.95. The van der Waals surface area contributed by atoms with E-state index in [4.69, 9.17) is 21.7 Å². The van der Waals surface area contributed by atoms with Crippen LogP contribution in [0.1, 0.15) is 5.56 Å². The summed E-state index contributed by atoms with van der Waals surface area (Å²) in [7, 11) is 1.42. The maximum atomic E-state index is 13.7. The third-order valence-electron chi connectivity index (χ3n) is 4.67. The molecule has 1 heterocycles. The highest BCUT2D eigenvalue weighted by Crippen LogP contribution is 2.28. The fourth-order valence-corrected chi connectivity index (χ4v) is 3.43. The number of thiocarbonyl (C=S) groups is 1. The molecule has 1 saturated heterocycles. The molecule has 0 aromatic heterocycles. The van der Waals surface area contributed by atoms with Gasteiger partial charge in [-0.1, -0.05) is 18.2 Å². The van der Waals surface area contributed by atoms with E-state index in [1.54, 1.807) is 24.3 Å². The Balaban J connectivity index is 1.63. The Morgan fingerprint density at radius 1 is 0.969 bits per heavy atom. The smallest absolute Gasteiger partial charge is 0.270 e. The molecule has 2 amide bonds. The summed E-state index contributed by atoms with van der Waals surface area (Å²) in [6, 6.07) is 19.8. The Morgan fingerprint density at radius 2 is 1.66 bits per heavy atom. The van der Waals surface area contributed by atoms with Gasteiger partial charge < -0.3 is 9.47 Å². The van der Waals surface area contributed by atoms with E-state index in [0.29, 0.717) is 22.9 Å². The molecule has 0 saturated carbocycles. The maximum Gasteiger partial charge on any atom is 0.270 e. The minimum Gasteiger partial charge on any atom is -0.496 e. The van der Waals surface area contributed by atoms with Crippen molar-refractivity contribution >= 4 is 40.9 Å². The van der Waals surface area contributed by atoms with E-state index in [2.05, 4.69) is 5.32 Å². The molecule has 1 aliphatic heterocycles. The lowest BCUT2D eigenvalue weighted by Gasteiger charge is -2.29. The van der Waals surface area contributed by atoms with Crippen molar-refractivity contribution < 1.29 is 23.5 Å². The van der Waals surface area contributed by atoms with Crippen molar-refractivity contribution in [2.75, 3.05) is 12.0 Å². The molecule has 6 nitrogen and oxygen atoms in total. The summed E-state index contributed by atoms with van der Waals surface area (Å²) >= 11 is 5.22. The minimum atomic E-state index is -0.674. The van der Waals surface area contributed by atoms with Crippen LogP contribution in [0.2, 0.25) is 0 Å². The quantitative estimate of drug-likeness (QED) is 0.355. The number of methoxy groups -OCH3 is 1. The van der Waals surface area contributed by atoms with Crippen molar-refractivity contribution in [2.45, 2.75) is 0 Å². The summed E-state index contributed by atoms with van der Waals surface area (Å²) in [6.45, 7) is 0. The minimum absolute atomic E-state index is 0.0555. The van der Waals surface area contributed by atoms with Gasteiger partial charge in [0.05, 0.1) is 12.8 Å². The molecule has 1 N–H and O–H groups in total. The average Bonchev–Trinajstić information content (AvgIpc) is 2.78. The zero-order chi connectivity index (χ0) is 22.7. The zero-order valence-corrected chi connectivity index (χ0v) is 17.7. The lowest BCUT2D eigenvalue weighted by molar-refractivity contribution is -0.122. The molecule has 1 fully saturated rings. The van der Waals surface area contributed by atoms with Crippen LogP contribution in [-0.2, 0) is 9.59 Å². The van der Waals surface area contributed by atoms with Gasteiger partial charge in [0.2, 0.25) is 0 Å². The van der Waals surface area contributed by atoms with Gasteiger partial charge in [-0.25, -0.2) is 4.39 Å². The van der Waals surface area contributed by atoms with E-state index in [1.807, 2.05) is 30.3 Å². The van der Waals surface area contributed by atoms with E-state index in [1.165, 1.54) is 36.3 Å².